The molecule has 0 spiro atoms. The highest BCUT2D eigenvalue weighted by atomic mass is 16.2. The molecule has 2 aromatic rings. The molecule has 0 radical (unpaired) electrons. The Labute approximate surface area is 161 Å². The number of piperidine rings is 1. The third kappa shape index (κ3) is 5.06. The van der Waals surface area contributed by atoms with Crippen LogP contribution in [0, 0.1) is 5.92 Å². The zero-order chi connectivity index (χ0) is 19.1. The molecule has 1 aliphatic rings. The Hall–Kier alpha value is -2.43. The minimum absolute atomic E-state index is 0.0791. The van der Waals surface area contributed by atoms with Crippen molar-refractivity contribution in [1.29, 1.82) is 0 Å². The van der Waals surface area contributed by atoms with E-state index in [4.69, 9.17) is 0 Å². The number of aromatic nitrogens is 1. The van der Waals surface area contributed by atoms with Crippen LogP contribution in [-0.2, 0) is 4.79 Å². The first-order valence-electron chi connectivity index (χ1n) is 10.1. The van der Waals surface area contributed by atoms with Gasteiger partial charge in [-0.2, -0.15) is 0 Å². The van der Waals surface area contributed by atoms with E-state index in [1.54, 1.807) is 11.0 Å². The fourth-order valence-corrected chi connectivity index (χ4v) is 3.63. The third-order valence-corrected chi connectivity index (χ3v) is 5.23. The first kappa shape index (κ1) is 19.3. The van der Waals surface area contributed by atoms with Gasteiger partial charge in [-0.3, -0.25) is 9.59 Å². The highest BCUT2D eigenvalue weighted by Gasteiger charge is 2.29. The second-order valence-electron chi connectivity index (χ2n) is 7.33. The number of likely N-dealkylation sites (tertiary alicyclic amines) is 1. The Morgan fingerprint density at radius 3 is 2.85 bits per heavy atom. The molecule has 0 unspecified atom stereocenters. The van der Waals surface area contributed by atoms with Crippen LogP contribution in [0.1, 0.15) is 55.9 Å². The van der Waals surface area contributed by atoms with E-state index in [9.17, 15) is 9.59 Å². The Morgan fingerprint density at radius 1 is 1.15 bits per heavy atom. The molecule has 1 fully saturated rings. The number of carbonyl (C=O) groups is 2. The fourth-order valence-electron chi connectivity index (χ4n) is 3.63. The molecule has 144 valence electrons. The van der Waals surface area contributed by atoms with Crippen LogP contribution in [-0.4, -0.2) is 41.3 Å². The Kier molecular flexibility index (Phi) is 6.80. The van der Waals surface area contributed by atoms with Gasteiger partial charge in [-0.05, 0) is 31.4 Å². The number of nitrogens with one attached hydrogen (secondary N) is 1. The van der Waals surface area contributed by atoms with E-state index in [2.05, 4.69) is 17.2 Å². The second-order valence-corrected chi connectivity index (χ2v) is 7.33. The second kappa shape index (κ2) is 9.49. The van der Waals surface area contributed by atoms with E-state index in [0.717, 1.165) is 43.1 Å². The lowest BCUT2D eigenvalue weighted by Gasteiger charge is -2.32. The minimum atomic E-state index is -0.116. The molecule has 1 aliphatic heterocycles. The molecule has 1 atom stereocenters. The molecular weight excluding hydrogens is 338 g/mol. The average molecular weight is 367 g/mol. The third-order valence-electron chi connectivity index (χ3n) is 5.23. The number of unbranched alkanes of at least 4 members (excludes halogenated alkanes) is 3. The lowest BCUT2D eigenvalue weighted by atomic mass is 9.96. The fraction of sp³-hybridized carbons (Fsp3) is 0.500. The molecule has 5 heteroatoms. The van der Waals surface area contributed by atoms with Crippen molar-refractivity contribution in [3.8, 4) is 0 Å². The van der Waals surface area contributed by atoms with Crippen LogP contribution in [0.4, 0.5) is 0 Å². The number of pyridine rings is 1. The molecular formula is C22H29N3O2. The quantitative estimate of drug-likeness (QED) is 0.758. The molecule has 0 saturated carbocycles. The van der Waals surface area contributed by atoms with E-state index >= 15 is 0 Å². The van der Waals surface area contributed by atoms with Crippen LogP contribution in [0.25, 0.3) is 10.9 Å². The van der Waals surface area contributed by atoms with Gasteiger partial charge in [0.1, 0.15) is 5.69 Å². The van der Waals surface area contributed by atoms with E-state index in [0.29, 0.717) is 18.8 Å². The Morgan fingerprint density at radius 2 is 2.00 bits per heavy atom. The van der Waals surface area contributed by atoms with Crippen molar-refractivity contribution in [2.45, 2.75) is 45.4 Å². The van der Waals surface area contributed by atoms with Gasteiger partial charge in [0, 0.05) is 25.0 Å². The highest BCUT2D eigenvalue weighted by Crippen LogP contribution is 2.20. The van der Waals surface area contributed by atoms with Crippen LogP contribution in [0.3, 0.4) is 0 Å². The first-order chi connectivity index (χ1) is 13.2. The number of rotatable bonds is 7. The molecule has 0 aliphatic carbocycles. The van der Waals surface area contributed by atoms with Crippen molar-refractivity contribution in [3.63, 3.8) is 0 Å². The van der Waals surface area contributed by atoms with Gasteiger partial charge in [0.15, 0.2) is 0 Å². The summed E-state index contributed by atoms with van der Waals surface area (Å²) in [6.07, 6.45) is 6.27. The summed E-state index contributed by atoms with van der Waals surface area (Å²) in [4.78, 5) is 31.6. The number of hydrogen-bond acceptors (Lipinski definition) is 3. The van der Waals surface area contributed by atoms with Gasteiger partial charge in [-0.15, -0.1) is 0 Å². The van der Waals surface area contributed by atoms with Gasteiger partial charge in [0.2, 0.25) is 5.91 Å². The number of fused-ring (bicyclic) bond motifs is 1. The maximum absolute atomic E-state index is 12.9. The lowest BCUT2D eigenvalue weighted by Crippen LogP contribution is -2.45. The van der Waals surface area contributed by atoms with Gasteiger partial charge < -0.3 is 10.2 Å². The van der Waals surface area contributed by atoms with Crippen molar-refractivity contribution in [1.82, 2.24) is 15.2 Å². The van der Waals surface area contributed by atoms with Crippen molar-refractivity contribution in [2.24, 2.45) is 5.92 Å². The zero-order valence-corrected chi connectivity index (χ0v) is 16.1. The summed E-state index contributed by atoms with van der Waals surface area (Å²) >= 11 is 0. The van der Waals surface area contributed by atoms with Crippen molar-refractivity contribution in [3.05, 3.63) is 42.1 Å². The topological polar surface area (TPSA) is 62.3 Å². The number of carbonyl (C=O) groups excluding carboxylic acids is 2. The number of benzene rings is 1. The predicted octanol–water partition coefficient (Wildman–Crippen LogP) is 3.78. The normalized spacial score (nSPS) is 17.1. The summed E-state index contributed by atoms with van der Waals surface area (Å²) in [5, 5.41) is 4.06. The van der Waals surface area contributed by atoms with Crippen molar-refractivity contribution < 1.29 is 9.59 Å². The van der Waals surface area contributed by atoms with Crippen LogP contribution in [0.2, 0.25) is 0 Å². The molecule has 0 bridgehead atoms. The summed E-state index contributed by atoms with van der Waals surface area (Å²) in [6.45, 7) is 4.08. The molecule has 5 nitrogen and oxygen atoms in total. The number of para-hydroxylation sites is 1. The van der Waals surface area contributed by atoms with E-state index < -0.39 is 0 Å². The average Bonchev–Trinajstić information content (AvgIpc) is 2.72. The molecule has 2 heterocycles. The summed E-state index contributed by atoms with van der Waals surface area (Å²) in [5.41, 5.74) is 1.27. The van der Waals surface area contributed by atoms with Crippen LogP contribution >= 0.6 is 0 Å². The zero-order valence-electron chi connectivity index (χ0n) is 16.1. The van der Waals surface area contributed by atoms with Crippen molar-refractivity contribution >= 4 is 22.7 Å². The molecule has 1 aromatic carbocycles. The van der Waals surface area contributed by atoms with Crippen LogP contribution in [0.15, 0.2) is 36.4 Å². The number of hydrogen-bond donors (Lipinski definition) is 1. The molecule has 1 N–H and O–H groups in total. The van der Waals surface area contributed by atoms with Crippen molar-refractivity contribution in [2.75, 3.05) is 19.6 Å². The van der Waals surface area contributed by atoms with E-state index in [1.165, 1.54) is 12.8 Å². The lowest BCUT2D eigenvalue weighted by molar-refractivity contribution is -0.126. The number of amides is 2. The summed E-state index contributed by atoms with van der Waals surface area (Å²) in [6, 6.07) is 11.5. The van der Waals surface area contributed by atoms with Gasteiger partial charge in [0.05, 0.1) is 11.4 Å². The summed E-state index contributed by atoms with van der Waals surface area (Å²) in [5.74, 6) is -0.119. The predicted molar refractivity (Wildman–Crippen MR) is 108 cm³/mol. The highest BCUT2D eigenvalue weighted by molar-refractivity contribution is 5.95. The van der Waals surface area contributed by atoms with Gasteiger partial charge in [-0.25, -0.2) is 4.98 Å². The Bertz CT molecular complexity index is 790. The maximum atomic E-state index is 12.9. The Balaban J connectivity index is 1.57. The van der Waals surface area contributed by atoms with Gasteiger partial charge >= 0.3 is 0 Å². The van der Waals surface area contributed by atoms with Gasteiger partial charge in [-0.1, -0.05) is 50.5 Å². The molecule has 27 heavy (non-hydrogen) atoms. The monoisotopic (exact) mass is 367 g/mol. The van der Waals surface area contributed by atoms with Crippen LogP contribution < -0.4 is 5.32 Å². The van der Waals surface area contributed by atoms with E-state index in [-0.39, 0.29) is 17.7 Å². The SMILES string of the molecule is CCCCCCNC(=O)[C@@H]1CCCN(C(=O)c2ccc3ccccc3n2)C1. The first-order valence-corrected chi connectivity index (χ1v) is 10.1. The maximum Gasteiger partial charge on any atom is 0.272 e. The summed E-state index contributed by atoms with van der Waals surface area (Å²) < 4.78 is 0. The largest absolute Gasteiger partial charge is 0.356 e. The number of nitrogens with zero attached hydrogens (tertiary/aromatic N) is 2. The summed E-state index contributed by atoms with van der Waals surface area (Å²) in [7, 11) is 0. The molecule has 1 saturated heterocycles. The van der Waals surface area contributed by atoms with Gasteiger partial charge in [0.25, 0.3) is 5.91 Å². The standard InChI is InChI=1S/C22H29N3O2/c1-2-3-4-7-14-23-21(26)18-10-8-15-25(16-18)22(27)20-13-12-17-9-5-6-11-19(17)24-20/h5-6,9,11-13,18H,2-4,7-8,10,14-16H2,1H3,(H,23,26)/t18-/m1/s1. The molecule has 2 amide bonds. The van der Waals surface area contributed by atoms with E-state index in [1.807, 2.05) is 30.3 Å². The molecule has 1 aromatic heterocycles. The smallest absolute Gasteiger partial charge is 0.272 e. The minimum Gasteiger partial charge on any atom is -0.356 e. The van der Waals surface area contributed by atoms with Crippen LogP contribution in [0.5, 0.6) is 0 Å². The molecule has 3 rings (SSSR count).